The molecule has 3 aromatic rings. The van der Waals surface area contributed by atoms with Gasteiger partial charge in [-0.3, -0.25) is 9.78 Å². The molecule has 7 heteroatoms. The van der Waals surface area contributed by atoms with Gasteiger partial charge in [-0.2, -0.15) is 16.3 Å². The Kier molecular flexibility index (Phi) is 4.55. The summed E-state index contributed by atoms with van der Waals surface area (Å²) in [5.41, 5.74) is 2.01. The van der Waals surface area contributed by atoms with E-state index >= 15 is 0 Å². The maximum atomic E-state index is 11.8. The fourth-order valence-electron chi connectivity index (χ4n) is 1.90. The smallest absolute Gasteiger partial charge is 0.246 e. The Morgan fingerprint density at radius 3 is 2.91 bits per heavy atom. The van der Waals surface area contributed by atoms with Gasteiger partial charge >= 0.3 is 0 Å². The lowest BCUT2D eigenvalue weighted by Crippen LogP contribution is -2.23. The van der Waals surface area contributed by atoms with E-state index in [-0.39, 0.29) is 12.5 Å². The van der Waals surface area contributed by atoms with Gasteiger partial charge in [0.05, 0.1) is 6.54 Å². The first-order valence-corrected chi connectivity index (χ1v) is 7.76. The summed E-state index contributed by atoms with van der Waals surface area (Å²) in [7, 11) is 0. The summed E-state index contributed by atoms with van der Waals surface area (Å²) in [5, 5.41) is 10.7. The van der Waals surface area contributed by atoms with Crippen molar-refractivity contribution in [2.24, 2.45) is 0 Å². The lowest BCUT2D eigenvalue weighted by molar-refractivity contribution is -0.121. The largest absolute Gasteiger partial charge is 0.347 e. The Bertz CT molecular complexity index is 725. The molecule has 0 spiro atoms. The molecule has 0 aromatic carbocycles. The van der Waals surface area contributed by atoms with Crippen LogP contribution in [-0.2, 0) is 17.8 Å². The van der Waals surface area contributed by atoms with Crippen molar-refractivity contribution in [2.45, 2.75) is 19.4 Å². The Morgan fingerprint density at radius 2 is 2.14 bits per heavy atom. The Labute approximate surface area is 131 Å². The zero-order valence-corrected chi connectivity index (χ0v) is 12.5. The fourth-order valence-corrected chi connectivity index (χ4v) is 2.60. The Balaban J connectivity index is 1.49. The number of nitrogens with zero attached hydrogens (tertiary/aromatic N) is 3. The molecule has 1 N–H and O–H groups in total. The molecule has 112 valence electrons. The lowest BCUT2D eigenvalue weighted by atomic mass is 10.2. The van der Waals surface area contributed by atoms with Crippen LogP contribution < -0.4 is 5.32 Å². The maximum Gasteiger partial charge on any atom is 0.246 e. The molecule has 0 saturated heterocycles. The molecule has 22 heavy (non-hydrogen) atoms. The molecule has 0 radical (unpaired) electrons. The first kappa shape index (κ1) is 14.4. The van der Waals surface area contributed by atoms with E-state index in [1.807, 2.05) is 16.8 Å². The number of hydrogen-bond donors (Lipinski definition) is 1. The monoisotopic (exact) mass is 314 g/mol. The number of nitrogens with one attached hydrogen (secondary N) is 1. The molecular formula is C15H14N4O2S. The average Bonchev–Trinajstić information content (AvgIpc) is 3.23. The summed E-state index contributed by atoms with van der Waals surface area (Å²) in [6, 6.07) is 5.62. The van der Waals surface area contributed by atoms with E-state index in [9.17, 15) is 4.79 Å². The third-order valence-electron chi connectivity index (χ3n) is 3.06. The normalized spacial score (nSPS) is 10.5. The second-order valence-corrected chi connectivity index (χ2v) is 5.44. The van der Waals surface area contributed by atoms with Gasteiger partial charge in [-0.15, -0.1) is 0 Å². The van der Waals surface area contributed by atoms with Crippen molar-refractivity contribution in [1.29, 1.82) is 0 Å². The van der Waals surface area contributed by atoms with Gasteiger partial charge in [0.1, 0.15) is 0 Å². The number of thiophene rings is 1. The highest BCUT2D eigenvalue weighted by molar-refractivity contribution is 7.07. The van der Waals surface area contributed by atoms with Crippen molar-refractivity contribution in [3.8, 4) is 11.4 Å². The number of pyridine rings is 1. The van der Waals surface area contributed by atoms with Crippen LogP contribution in [0.2, 0.25) is 0 Å². The number of aryl methyl sites for hydroxylation is 1. The minimum atomic E-state index is -0.0325. The van der Waals surface area contributed by atoms with E-state index in [0.717, 1.165) is 12.0 Å². The number of amides is 1. The minimum absolute atomic E-state index is 0.0325. The Hall–Kier alpha value is -2.54. The van der Waals surface area contributed by atoms with Gasteiger partial charge in [-0.05, 0) is 40.9 Å². The summed E-state index contributed by atoms with van der Waals surface area (Å²) in [4.78, 5) is 20.0. The van der Waals surface area contributed by atoms with Crippen molar-refractivity contribution in [3.63, 3.8) is 0 Å². The summed E-state index contributed by atoms with van der Waals surface area (Å²) < 4.78 is 5.13. The minimum Gasteiger partial charge on any atom is -0.347 e. The first-order valence-electron chi connectivity index (χ1n) is 6.82. The predicted octanol–water partition coefficient (Wildman–Crippen LogP) is 2.44. The van der Waals surface area contributed by atoms with Gasteiger partial charge in [0.25, 0.3) is 0 Å². The molecule has 0 atom stereocenters. The summed E-state index contributed by atoms with van der Waals surface area (Å²) in [6.07, 6.45) is 4.51. The van der Waals surface area contributed by atoms with Crippen LogP contribution >= 0.6 is 11.3 Å². The van der Waals surface area contributed by atoms with Crippen LogP contribution in [0.4, 0.5) is 0 Å². The van der Waals surface area contributed by atoms with Gasteiger partial charge < -0.3 is 9.84 Å². The van der Waals surface area contributed by atoms with E-state index in [4.69, 9.17) is 4.52 Å². The van der Waals surface area contributed by atoms with E-state index in [2.05, 4.69) is 20.4 Å². The first-order chi connectivity index (χ1) is 10.8. The molecule has 0 saturated carbocycles. The van der Waals surface area contributed by atoms with Crippen molar-refractivity contribution in [2.75, 3.05) is 0 Å². The number of hydrogen-bond acceptors (Lipinski definition) is 6. The van der Waals surface area contributed by atoms with Crippen molar-refractivity contribution < 1.29 is 9.32 Å². The molecule has 3 aromatic heterocycles. The highest BCUT2D eigenvalue weighted by Crippen LogP contribution is 2.13. The fraction of sp³-hybridized carbons (Fsp3) is 0.200. The van der Waals surface area contributed by atoms with Crippen molar-refractivity contribution in [1.82, 2.24) is 20.4 Å². The Morgan fingerprint density at radius 1 is 1.27 bits per heavy atom. The molecule has 0 bridgehead atoms. The molecule has 0 aliphatic rings. The topological polar surface area (TPSA) is 80.9 Å². The number of carbonyl (C=O) groups excluding carboxylic acids is 1. The number of carbonyl (C=O) groups is 1. The van der Waals surface area contributed by atoms with Crippen molar-refractivity contribution >= 4 is 17.2 Å². The lowest BCUT2D eigenvalue weighted by Gasteiger charge is -2.01. The summed E-state index contributed by atoms with van der Waals surface area (Å²) >= 11 is 1.63. The third kappa shape index (κ3) is 3.76. The SMILES string of the molecule is O=C(CCc1ccsc1)NCc1nc(-c2ccncc2)no1. The second kappa shape index (κ2) is 6.95. The highest BCUT2D eigenvalue weighted by Gasteiger charge is 2.09. The van der Waals surface area contributed by atoms with Crippen LogP contribution in [0.25, 0.3) is 11.4 Å². The number of rotatable bonds is 6. The van der Waals surface area contributed by atoms with Crippen LogP contribution in [0.5, 0.6) is 0 Å². The molecular weight excluding hydrogens is 300 g/mol. The van der Waals surface area contributed by atoms with E-state index < -0.39 is 0 Å². The molecule has 0 aliphatic carbocycles. The second-order valence-electron chi connectivity index (χ2n) is 4.66. The van der Waals surface area contributed by atoms with Crippen molar-refractivity contribution in [3.05, 3.63) is 52.8 Å². The third-order valence-corrected chi connectivity index (χ3v) is 3.80. The van der Waals surface area contributed by atoms with Gasteiger partial charge in [0, 0.05) is 24.4 Å². The van der Waals surface area contributed by atoms with Gasteiger partial charge in [0.2, 0.25) is 17.6 Å². The predicted molar refractivity (Wildman–Crippen MR) is 82.0 cm³/mol. The van der Waals surface area contributed by atoms with Crippen LogP contribution in [0.3, 0.4) is 0 Å². The summed E-state index contributed by atoms with van der Waals surface area (Å²) in [6.45, 7) is 0.237. The van der Waals surface area contributed by atoms with Gasteiger partial charge in [0.15, 0.2) is 0 Å². The van der Waals surface area contributed by atoms with Crippen LogP contribution in [-0.4, -0.2) is 21.0 Å². The zero-order valence-electron chi connectivity index (χ0n) is 11.7. The molecule has 6 nitrogen and oxygen atoms in total. The van der Waals surface area contributed by atoms with Crippen LogP contribution in [0.15, 0.2) is 45.9 Å². The quantitative estimate of drug-likeness (QED) is 0.756. The molecule has 0 aliphatic heterocycles. The number of aromatic nitrogens is 3. The van der Waals surface area contributed by atoms with Crippen LogP contribution in [0, 0.1) is 0 Å². The van der Waals surface area contributed by atoms with E-state index in [1.165, 1.54) is 5.56 Å². The highest BCUT2D eigenvalue weighted by atomic mass is 32.1. The average molecular weight is 314 g/mol. The van der Waals surface area contributed by atoms with E-state index in [0.29, 0.717) is 18.1 Å². The molecule has 3 heterocycles. The van der Waals surface area contributed by atoms with Gasteiger partial charge in [-0.1, -0.05) is 5.16 Å². The molecule has 0 fully saturated rings. The zero-order chi connectivity index (χ0) is 15.2. The van der Waals surface area contributed by atoms with E-state index in [1.54, 1.807) is 35.9 Å². The molecule has 1 amide bonds. The van der Waals surface area contributed by atoms with Gasteiger partial charge in [-0.25, -0.2) is 0 Å². The maximum absolute atomic E-state index is 11.8. The molecule has 3 rings (SSSR count). The molecule has 0 unspecified atom stereocenters. The summed E-state index contributed by atoms with van der Waals surface area (Å²) in [5.74, 6) is 0.843. The standard InChI is InChI=1S/C15H14N4O2S/c20-13(2-1-11-5-8-22-10-11)17-9-14-18-15(19-21-14)12-3-6-16-7-4-12/h3-8,10H,1-2,9H2,(H,17,20). The van der Waals surface area contributed by atoms with Crippen LogP contribution in [0.1, 0.15) is 17.9 Å².